The summed E-state index contributed by atoms with van der Waals surface area (Å²) in [6.07, 6.45) is 0.977. The van der Waals surface area contributed by atoms with E-state index in [4.69, 9.17) is 0 Å². The highest BCUT2D eigenvalue weighted by Gasteiger charge is 2.09. The summed E-state index contributed by atoms with van der Waals surface area (Å²) in [5.41, 5.74) is 2.65. The number of benzene rings is 1. The van der Waals surface area contributed by atoms with Crippen molar-refractivity contribution in [2.45, 2.75) is 19.9 Å². The number of hydrogen-bond acceptors (Lipinski definition) is 3. The van der Waals surface area contributed by atoms with E-state index in [-0.39, 0.29) is 12.3 Å². The van der Waals surface area contributed by atoms with Crippen LogP contribution in [-0.4, -0.2) is 40.2 Å². The lowest BCUT2D eigenvalue weighted by Gasteiger charge is -2.21. The molecule has 0 aliphatic carbocycles. The molecular weight excluding hydrogens is 242 g/mol. The summed E-state index contributed by atoms with van der Waals surface area (Å²) in [5.74, 6) is 0.320. The second kappa shape index (κ2) is 6.04. The number of rotatable bonds is 6. The van der Waals surface area contributed by atoms with E-state index in [1.165, 1.54) is 0 Å². The van der Waals surface area contributed by atoms with Crippen LogP contribution in [0.5, 0.6) is 0 Å². The van der Waals surface area contributed by atoms with E-state index in [1.54, 1.807) is 0 Å². The number of aromatic nitrogens is 2. The molecule has 0 amide bonds. The average molecular weight is 263 g/mol. The van der Waals surface area contributed by atoms with Crippen LogP contribution >= 0.6 is 0 Å². The number of nitrogens with one attached hydrogen (secondary N) is 2. The summed E-state index contributed by atoms with van der Waals surface area (Å²) < 4.78 is 0. The van der Waals surface area contributed by atoms with Crippen molar-refractivity contribution >= 4 is 11.0 Å². The van der Waals surface area contributed by atoms with Crippen molar-refractivity contribution in [1.82, 2.24) is 14.9 Å². The zero-order valence-electron chi connectivity index (χ0n) is 11.4. The van der Waals surface area contributed by atoms with Crippen LogP contribution in [0.15, 0.2) is 23.0 Å². The molecule has 0 aliphatic rings. The lowest BCUT2D eigenvalue weighted by Crippen LogP contribution is -2.26. The number of hydrogen-bond donors (Lipinski definition) is 3. The first-order valence-electron chi connectivity index (χ1n) is 6.62. The number of H-pyrrole nitrogens is 2. The van der Waals surface area contributed by atoms with Gasteiger partial charge >= 0.3 is 5.69 Å². The van der Waals surface area contributed by atoms with Crippen molar-refractivity contribution < 1.29 is 5.11 Å². The first-order valence-corrected chi connectivity index (χ1v) is 6.62. The zero-order valence-corrected chi connectivity index (χ0v) is 11.4. The molecule has 1 atom stereocenters. The van der Waals surface area contributed by atoms with Crippen molar-refractivity contribution in [3.63, 3.8) is 0 Å². The Kier molecular flexibility index (Phi) is 4.39. The number of aromatic amines is 2. The number of imidazole rings is 1. The third-order valence-electron chi connectivity index (χ3n) is 3.44. The summed E-state index contributed by atoms with van der Waals surface area (Å²) in [6.45, 7) is 3.99. The van der Waals surface area contributed by atoms with Crippen molar-refractivity contribution in [2.75, 3.05) is 20.2 Å². The number of fused-ring (bicyclic) bond motifs is 1. The largest absolute Gasteiger partial charge is 0.396 e. The van der Waals surface area contributed by atoms with Gasteiger partial charge in [0.25, 0.3) is 0 Å². The molecule has 0 aliphatic heterocycles. The second-order valence-electron chi connectivity index (χ2n) is 5.11. The van der Waals surface area contributed by atoms with Crippen LogP contribution in [0.2, 0.25) is 0 Å². The molecule has 0 fully saturated rings. The first-order chi connectivity index (χ1) is 9.12. The second-order valence-corrected chi connectivity index (χ2v) is 5.11. The maximum absolute atomic E-state index is 11.2. The Hall–Kier alpha value is -1.59. The highest BCUT2D eigenvalue weighted by Crippen LogP contribution is 2.13. The van der Waals surface area contributed by atoms with Crippen molar-refractivity contribution in [1.29, 1.82) is 0 Å². The van der Waals surface area contributed by atoms with Crippen molar-refractivity contribution in [2.24, 2.45) is 5.92 Å². The van der Waals surface area contributed by atoms with Crippen LogP contribution in [0.3, 0.4) is 0 Å². The normalized spacial score (nSPS) is 13.3. The third kappa shape index (κ3) is 3.45. The maximum atomic E-state index is 11.2. The topological polar surface area (TPSA) is 72.1 Å². The minimum absolute atomic E-state index is 0.174. The Morgan fingerprint density at radius 2 is 2.05 bits per heavy atom. The molecule has 0 saturated heterocycles. The Bertz CT molecular complexity index is 584. The van der Waals surface area contributed by atoms with Crippen LogP contribution in [0, 0.1) is 5.92 Å². The Balaban J connectivity index is 2.05. The monoisotopic (exact) mass is 263 g/mol. The third-order valence-corrected chi connectivity index (χ3v) is 3.44. The Morgan fingerprint density at radius 1 is 1.32 bits per heavy atom. The van der Waals surface area contributed by atoms with Gasteiger partial charge in [-0.3, -0.25) is 0 Å². The Labute approximate surface area is 112 Å². The maximum Gasteiger partial charge on any atom is 0.323 e. The minimum Gasteiger partial charge on any atom is -0.396 e. The van der Waals surface area contributed by atoms with Gasteiger partial charge in [-0.1, -0.05) is 13.0 Å². The van der Waals surface area contributed by atoms with Crippen LogP contribution in [0.25, 0.3) is 11.0 Å². The Morgan fingerprint density at radius 3 is 2.74 bits per heavy atom. The van der Waals surface area contributed by atoms with Gasteiger partial charge in [-0.2, -0.15) is 0 Å². The molecule has 0 saturated carbocycles. The molecule has 0 radical (unpaired) electrons. The van der Waals surface area contributed by atoms with Gasteiger partial charge in [0.15, 0.2) is 0 Å². The van der Waals surface area contributed by atoms with Gasteiger partial charge in [0.05, 0.1) is 11.0 Å². The molecule has 1 aromatic heterocycles. The molecule has 5 nitrogen and oxygen atoms in total. The van der Waals surface area contributed by atoms with Gasteiger partial charge in [-0.05, 0) is 37.1 Å². The smallest absolute Gasteiger partial charge is 0.323 e. The molecule has 1 unspecified atom stereocenters. The van der Waals surface area contributed by atoms with Crippen molar-refractivity contribution in [3.05, 3.63) is 34.2 Å². The SMILES string of the molecule is CCC(CO)CN(C)Cc1ccc2[nH]c(=O)[nH]c2c1. The fraction of sp³-hybridized carbons (Fsp3) is 0.500. The van der Waals surface area contributed by atoms with Crippen LogP contribution in [0.1, 0.15) is 18.9 Å². The van der Waals surface area contributed by atoms with Crippen LogP contribution < -0.4 is 5.69 Å². The number of nitrogens with zero attached hydrogens (tertiary/aromatic N) is 1. The van der Waals surface area contributed by atoms with Gasteiger partial charge in [0.2, 0.25) is 0 Å². The molecule has 5 heteroatoms. The molecule has 0 spiro atoms. The van der Waals surface area contributed by atoms with Gasteiger partial charge in [0, 0.05) is 19.7 Å². The minimum atomic E-state index is -0.174. The molecule has 3 N–H and O–H groups in total. The van der Waals surface area contributed by atoms with Gasteiger partial charge in [0.1, 0.15) is 0 Å². The van der Waals surface area contributed by atoms with E-state index in [1.807, 2.05) is 25.2 Å². The van der Waals surface area contributed by atoms with Crippen LogP contribution in [-0.2, 0) is 6.54 Å². The van der Waals surface area contributed by atoms with Gasteiger partial charge < -0.3 is 20.0 Å². The molecule has 2 aromatic rings. The summed E-state index contributed by atoms with van der Waals surface area (Å²) in [4.78, 5) is 18.9. The van der Waals surface area contributed by atoms with E-state index in [2.05, 4.69) is 21.8 Å². The van der Waals surface area contributed by atoms with E-state index >= 15 is 0 Å². The standard InChI is InChI=1S/C14H21N3O2/c1-3-10(9-18)7-17(2)8-11-4-5-12-13(6-11)16-14(19)15-12/h4-6,10,18H,3,7-9H2,1-2H3,(H2,15,16,19). The van der Waals surface area contributed by atoms with E-state index in [9.17, 15) is 9.90 Å². The number of aliphatic hydroxyl groups is 1. The van der Waals surface area contributed by atoms with Gasteiger partial charge in [-0.25, -0.2) is 4.79 Å². The molecule has 104 valence electrons. The average Bonchev–Trinajstić information content (AvgIpc) is 2.75. The highest BCUT2D eigenvalue weighted by atomic mass is 16.3. The van der Waals surface area contributed by atoms with Gasteiger partial charge in [-0.15, -0.1) is 0 Å². The molecule has 1 aromatic carbocycles. The summed E-state index contributed by atoms with van der Waals surface area (Å²) in [7, 11) is 2.04. The zero-order chi connectivity index (χ0) is 13.8. The summed E-state index contributed by atoms with van der Waals surface area (Å²) >= 11 is 0. The van der Waals surface area contributed by atoms with E-state index < -0.39 is 0 Å². The summed E-state index contributed by atoms with van der Waals surface area (Å²) in [6, 6.07) is 5.92. The van der Waals surface area contributed by atoms with E-state index in [0.717, 1.165) is 36.1 Å². The number of aliphatic hydroxyl groups excluding tert-OH is 1. The highest BCUT2D eigenvalue weighted by molar-refractivity contribution is 5.74. The van der Waals surface area contributed by atoms with Crippen molar-refractivity contribution in [3.8, 4) is 0 Å². The van der Waals surface area contributed by atoms with Crippen LogP contribution in [0.4, 0.5) is 0 Å². The molecule has 1 heterocycles. The van der Waals surface area contributed by atoms with E-state index in [0.29, 0.717) is 5.92 Å². The quantitative estimate of drug-likeness (QED) is 0.735. The lowest BCUT2D eigenvalue weighted by molar-refractivity contribution is 0.173. The molecule has 0 bridgehead atoms. The predicted octanol–water partition coefficient (Wildman–Crippen LogP) is 1.31. The summed E-state index contributed by atoms with van der Waals surface area (Å²) in [5, 5.41) is 9.21. The first kappa shape index (κ1) is 13.8. The predicted molar refractivity (Wildman–Crippen MR) is 76.1 cm³/mol. The fourth-order valence-corrected chi connectivity index (χ4v) is 2.31. The molecule has 19 heavy (non-hydrogen) atoms. The molecular formula is C14H21N3O2. The lowest BCUT2D eigenvalue weighted by atomic mass is 10.1. The fourth-order valence-electron chi connectivity index (χ4n) is 2.31. The molecule has 2 rings (SSSR count).